The van der Waals surface area contributed by atoms with Gasteiger partial charge >= 0.3 is 0 Å². The molecule has 0 unspecified atom stereocenters. The van der Waals surface area contributed by atoms with Gasteiger partial charge in [0.05, 0.1) is 6.54 Å². The number of hydrogen-bond acceptors (Lipinski definition) is 3. The zero-order valence-corrected chi connectivity index (χ0v) is 11.0. The number of nitrogens with one attached hydrogen (secondary N) is 1. The van der Waals surface area contributed by atoms with Crippen LogP contribution in [0.3, 0.4) is 0 Å². The Morgan fingerprint density at radius 1 is 1.22 bits per heavy atom. The molecule has 1 N–H and O–H groups in total. The standard InChI is InChI=1S/C14H20N4/c1-12(2)8-9-15-10-14-17-16-11-18(14)13-6-4-3-5-7-13/h3-7,11-12,15H,8-10H2,1-2H3. The molecule has 18 heavy (non-hydrogen) atoms. The molecule has 0 aliphatic heterocycles. The van der Waals surface area contributed by atoms with E-state index < -0.39 is 0 Å². The van der Waals surface area contributed by atoms with Crippen molar-refractivity contribution in [1.29, 1.82) is 0 Å². The molecule has 0 aliphatic rings. The van der Waals surface area contributed by atoms with Gasteiger partial charge in [-0.15, -0.1) is 10.2 Å². The Kier molecular flexibility index (Phi) is 4.47. The Morgan fingerprint density at radius 3 is 2.72 bits per heavy atom. The van der Waals surface area contributed by atoms with Crippen molar-refractivity contribution < 1.29 is 0 Å². The van der Waals surface area contributed by atoms with Crippen molar-refractivity contribution in [1.82, 2.24) is 20.1 Å². The van der Waals surface area contributed by atoms with Crippen LogP contribution in [0, 0.1) is 5.92 Å². The first-order valence-electron chi connectivity index (χ1n) is 6.42. The van der Waals surface area contributed by atoms with Crippen molar-refractivity contribution in [3.8, 4) is 5.69 Å². The maximum Gasteiger partial charge on any atom is 0.151 e. The molecule has 4 nitrogen and oxygen atoms in total. The average Bonchev–Trinajstić information content (AvgIpc) is 2.84. The largest absolute Gasteiger partial charge is 0.310 e. The molecule has 0 spiro atoms. The summed E-state index contributed by atoms with van der Waals surface area (Å²) in [6.07, 6.45) is 2.94. The van der Waals surface area contributed by atoms with Crippen molar-refractivity contribution >= 4 is 0 Å². The minimum atomic E-state index is 0.726. The van der Waals surface area contributed by atoms with E-state index in [9.17, 15) is 0 Å². The lowest BCUT2D eigenvalue weighted by molar-refractivity contribution is 0.529. The zero-order valence-electron chi connectivity index (χ0n) is 11.0. The molecule has 1 aromatic heterocycles. The summed E-state index contributed by atoms with van der Waals surface area (Å²) in [6.45, 7) is 6.23. The smallest absolute Gasteiger partial charge is 0.151 e. The first kappa shape index (κ1) is 12.8. The van der Waals surface area contributed by atoms with Crippen LogP contribution < -0.4 is 5.32 Å². The summed E-state index contributed by atoms with van der Waals surface area (Å²) in [5, 5.41) is 11.6. The van der Waals surface area contributed by atoms with Gasteiger partial charge in [0.15, 0.2) is 5.82 Å². The predicted octanol–water partition coefficient (Wildman–Crippen LogP) is 2.40. The van der Waals surface area contributed by atoms with Gasteiger partial charge in [0.25, 0.3) is 0 Å². The van der Waals surface area contributed by atoms with Gasteiger partial charge in [-0.3, -0.25) is 4.57 Å². The molecule has 96 valence electrons. The monoisotopic (exact) mass is 244 g/mol. The lowest BCUT2D eigenvalue weighted by Gasteiger charge is -2.08. The first-order valence-corrected chi connectivity index (χ1v) is 6.42. The molecular formula is C14H20N4. The van der Waals surface area contributed by atoms with E-state index in [0.29, 0.717) is 0 Å². The van der Waals surface area contributed by atoms with Crippen LogP contribution in [0.25, 0.3) is 5.69 Å². The molecule has 4 heteroatoms. The van der Waals surface area contributed by atoms with E-state index in [0.717, 1.165) is 30.5 Å². The quantitative estimate of drug-likeness (QED) is 0.793. The van der Waals surface area contributed by atoms with E-state index in [4.69, 9.17) is 0 Å². The number of para-hydroxylation sites is 1. The third-order valence-corrected chi connectivity index (χ3v) is 2.83. The average molecular weight is 244 g/mol. The van der Waals surface area contributed by atoms with Crippen LogP contribution in [0.15, 0.2) is 36.7 Å². The van der Waals surface area contributed by atoms with Crippen LogP contribution >= 0.6 is 0 Å². The summed E-state index contributed by atoms with van der Waals surface area (Å²) in [6, 6.07) is 10.2. The third-order valence-electron chi connectivity index (χ3n) is 2.83. The second-order valence-electron chi connectivity index (χ2n) is 4.81. The molecule has 0 fully saturated rings. The molecule has 2 aromatic rings. The highest BCUT2D eigenvalue weighted by Gasteiger charge is 2.05. The lowest BCUT2D eigenvalue weighted by atomic mass is 10.1. The van der Waals surface area contributed by atoms with E-state index in [-0.39, 0.29) is 0 Å². The third kappa shape index (κ3) is 3.40. The minimum absolute atomic E-state index is 0.726. The molecule has 2 rings (SSSR count). The molecule has 0 atom stereocenters. The van der Waals surface area contributed by atoms with E-state index in [1.807, 2.05) is 22.8 Å². The summed E-state index contributed by atoms with van der Waals surface area (Å²) in [4.78, 5) is 0. The van der Waals surface area contributed by atoms with Gasteiger partial charge in [0.1, 0.15) is 6.33 Å². The van der Waals surface area contributed by atoms with Gasteiger partial charge in [-0.25, -0.2) is 0 Å². The molecule has 1 heterocycles. The Balaban J connectivity index is 1.96. The summed E-state index contributed by atoms with van der Waals surface area (Å²) in [7, 11) is 0. The minimum Gasteiger partial charge on any atom is -0.310 e. The summed E-state index contributed by atoms with van der Waals surface area (Å²) in [5.41, 5.74) is 1.10. The predicted molar refractivity (Wildman–Crippen MR) is 72.5 cm³/mol. The Labute approximate surface area is 108 Å². The van der Waals surface area contributed by atoms with Gasteiger partial charge in [0, 0.05) is 5.69 Å². The SMILES string of the molecule is CC(C)CCNCc1nncn1-c1ccccc1. The topological polar surface area (TPSA) is 42.7 Å². The van der Waals surface area contributed by atoms with Crippen LogP contribution in [0.1, 0.15) is 26.1 Å². The van der Waals surface area contributed by atoms with E-state index in [1.165, 1.54) is 6.42 Å². The second kappa shape index (κ2) is 6.31. The number of hydrogen-bond donors (Lipinski definition) is 1. The van der Waals surface area contributed by atoms with Crippen molar-refractivity contribution in [2.75, 3.05) is 6.54 Å². The highest BCUT2D eigenvalue weighted by atomic mass is 15.3. The number of benzene rings is 1. The maximum absolute atomic E-state index is 4.16. The van der Waals surface area contributed by atoms with Crippen LogP contribution in [0.4, 0.5) is 0 Å². The lowest BCUT2D eigenvalue weighted by Crippen LogP contribution is -2.19. The normalized spacial score (nSPS) is 11.1. The van der Waals surface area contributed by atoms with Gasteiger partial charge in [-0.2, -0.15) is 0 Å². The summed E-state index contributed by atoms with van der Waals surface area (Å²) >= 11 is 0. The molecule has 0 amide bonds. The fourth-order valence-corrected chi connectivity index (χ4v) is 1.77. The van der Waals surface area contributed by atoms with Crippen molar-refractivity contribution in [2.45, 2.75) is 26.8 Å². The Bertz CT molecular complexity index is 462. The zero-order chi connectivity index (χ0) is 12.8. The highest BCUT2D eigenvalue weighted by Crippen LogP contribution is 2.08. The first-order chi connectivity index (χ1) is 8.77. The van der Waals surface area contributed by atoms with Gasteiger partial charge in [0.2, 0.25) is 0 Å². The van der Waals surface area contributed by atoms with Crippen LogP contribution in [0.2, 0.25) is 0 Å². The van der Waals surface area contributed by atoms with Crippen molar-refractivity contribution in [3.63, 3.8) is 0 Å². The Morgan fingerprint density at radius 2 is 2.00 bits per heavy atom. The summed E-state index contributed by atoms with van der Waals surface area (Å²) < 4.78 is 2.02. The molecule has 0 bridgehead atoms. The van der Waals surface area contributed by atoms with E-state index in [1.54, 1.807) is 6.33 Å². The molecule has 0 radical (unpaired) electrons. The fraction of sp³-hybridized carbons (Fsp3) is 0.429. The fourth-order valence-electron chi connectivity index (χ4n) is 1.77. The van der Waals surface area contributed by atoms with Crippen LogP contribution in [0.5, 0.6) is 0 Å². The van der Waals surface area contributed by atoms with E-state index >= 15 is 0 Å². The van der Waals surface area contributed by atoms with Crippen molar-refractivity contribution in [2.24, 2.45) is 5.92 Å². The maximum atomic E-state index is 4.16. The molecule has 1 aromatic carbocycles. The Hall–Kier alpha value is -1.68. The highest BCUT2D eigenvalue weighted by molar-refractivity contribution is 5.31. The van der Waals surface area contributed by atoms with Crippen LogP contribution in [-0.4, -0.2) is 21.3 Å². The van der Waals surface area contributed by atoms with Crippen LogP contribution in [-0.2, 0) is 6.54 Å². The number of rotatable bonds is 6. The second-order valence-corrected chi connectivity index (χ2v) is 4.81. The van der Waals surface area contributed by atoms with Crippen molar-refractivity contribution in [3.05, 3.63) is 42.5 Å². The van der Waals surface area contributed by atoms with Gasteiger partial charge in [-0.1, -0.05) is 32.0 Å². The number of nitrogens with zero attached hydrogens (tertiary/aromatic N) is 3. The van der Waals surface area contributed by atoms with Gasteiger partial charge < -0.3 is 5.32 Å². The van der Waals surface area contributed by atoms with E-state index in [2.05, 4.69) is 41.5 Å². The van der Waals surface area contributed by atoms with Gasteiger partial charge in [-0.05, 0) is 31.0 Å². The molecule has 0 saturated carbocycles. The molecular weight excluding hydrogens is 224 g/mol. The molecule has 0 saturated heterocycles. The number of aromatic nitrogens is 3. The summed E-state index contributed by atoms with van der Waals surface area (Å²) in [5.74, 6) is 1.68. The molecule has 0 aliphatic carbocycles.